The molecule has 2 atom stereocenters. The highest BCUT2D eigenvalue weighted by atomic mass is 19.2. The van der Waals surface area contributed by atoms with Crippen molar-refractivity contribution in [1.29, 1.82) is 0 Å². The molecule has 198 valence electrons. The molecule has 37 heavy (non-hydrogen) atoms. The van der Waals surface area contributed by atoms with Crippen molar-refractivity contribution in [1.82, 2.24) is 14.7 Å². The van der Waals surface area contributed by atoms with Gasteiger partial charge in [-0.1, -0.05) is 30.3 Å². The Morgan fingerprint density at radius 1 is 1.14 bits per heavy atom. The summed E-state index contributed by atoms with van der Waals surface area (Å²) in [6.07, 6.45) is 1.77. The molecule has 3 heterocycles. The predicted molar refractivity (Wildman–Crippen MR) is 132 cm³/mol. The average Bonchev–Trinajstić information content (AvgIpc) is 3.47. The average molecular weight is 514 g/mol. The van der Waals surface area contributed by atoms with E-state index in [1.165, 1.54) is 27.0 Å². The molecule has 9 heteroatoms. The maximum absolute atomic E-state index is 14.0. The van der Waals surface area contributed by atoms with Gasteiger partial charge in [-0.05, 0) is 48.1 Å². The van der Waals surface area contributed by atoms with Crippen LogP contribution in [0, 0.1) is 11.6 Å². The molecular weight excluding hydrogens is 480 g/mol. The summed E-state index contributed by atoms with van der Waals surface area (Å²) >= 11 is 0. The van der Waals surface area contributed by atoms with Crippen molar-refractivity contribution in [3.05, 3.63) is 70.8 Å². The Balaban J connectivity index is 1.21. The minimum absolute atomic E-state index is 0.0576. The molecule has 0 aliphatic carbocycles. The van der Waals surface area contributed by atoms with E-state index in [-0.39, 0.29) is 23.6 Å². The fraction of sp³-hybridized carbons (Fsp3) is 0.500. The molecule has 2 fully saturated rings. The molecule has 5 rings (SSSR count). The number of ether oxygens (including phenoxy) is 1. The van der Waals surface area contributed by atoms with Gasteiger partial charge in [-0.3, -0.25) is 9.59 Å². The number of likely N-dealkylation sites (tertiary alicyclic amines) is 2. The van der Waals surface area contributed by atoms with Gasteiger partial charge in [-0.25, -0.2) is 8.78 Å². The lowest BCUT2D eigenvalue weighted by atomic mass is 9.84. The third-order valence-electron chi connectivity index (χ3n) is 7.92. The van der Waals surface area contributed by atoms with Gasteiger partial charge in [0.15, 0.2) is 11.6 Å². The largest absolute Gasteiger partial charge is 0.390 e. The van der Waals surface area contributed by atoms with Crippen LogP contribution in [0.4, 0.5) is 8.78 Å². The SMILES string of the molecule is CN(CC(O)CN1CCC2(CC1)OCc1ccccc12)C(=O)C(c1ccc(F)c(F)c1)N1CCCC1=O. The van der Waals surface area contributed by atoms with E-state index in [9.17, 15) is 23.5 Å². The van der Waals surface area contributed by atoms with Gasteiger partial charge >= 0.3 is 0 Å². The first-order chi connectivity index (χ1) is 17.8. The number of fused-ring (bicyclic) bond motifs is 2. The number of aliphatic hydroxyl groups is 1. The lowest BCUT2D eigenvalue weighted by molar-refractivity contribution is -0.144. The molecule has 0 aromatic heterocycles. The zero-order chi connectivity index (χ0) is 26.2. The molecular formula is C28H33F2N3O4. The fourth-order valence-corrected chi connectivity index (χ4v) is 5.95. The van der Waals surface area contributed by atoms with E-state index in [1.807, 2.05) is 12.1 Å². The number of carbonyl (C=O) groups excluding carboxylic acids is 2. The molecule has 0 saturated carbocycles. The Morgan fingerprint density at radius 2 is 1.89 bits per heavy atom. The monoisotopic (exact) mass is 513 g/mol. The quantitative estimate of drug-likeness (QED) is 0.617. The van der Waals surface area contributed by atoms with E-state index < -0.39 is 29.7 Å². The highest BCUT2D eigenvalue weighted by molar-refractivity contribution is 5.89. The van der Waals surface area contributed by atoms with E-state index >= 15 is 0 Å². The summed E-state index contributed by atoms with van der Waals surface area (Å²) < 4.78 is 33.8. The first kappa shape index (κ1) is 25.8. The first-order valence-corrected chi connectivity index (χ1v) is 12.9. The summed E-state index contributed by atoms with van der Waals surface area (Å²) in [5.74, 6) is -2.72. The Labute approximate surface area is 215 Å². The highest BCUT2D eigenvalue weighted by Gasteiger charge is 2.42. The van der Waals surface area contributed by atoms with E-state index in [2.05, 4.69) is 17.0 Å². The Morgan fingerprint density at radius 3 is 2.59 bits per heavy atom. The van der Waals surface area contributed by atoms with Crippen molar-refractivity contribution < 1.29 is 28.2 Å². The summed E-state index contributed by atoms with van der Waals surface area (Å²) in [5, 5.41) is 10.8. The molecule has 7 nitrogen and oxygen atoms in total. The second-order valence-corrected chi connectivity index (χ2v) is 10.4. The van der Waals surface area contributed by atoms with Crippen molar-refractivity contribution in [3.63, 3.8) is 0 Å². The van der Waals surface area contributed by atoms with Crippen molar-refractivity contribution in [3.8, 4) is 0 Å². The van der Waals surface area contributed by atoms with Crippen molar-refractivity contribution in [2.45, 2.75) is 50.0 Å². The number of hydrogen-bond donors (Lipinski definition) is 1. The summed E-state index contributed by atoms with van der Waals surface area (Å²) in [6.45, 7) is 2.98. The number of piperidine rings is 1. The van der Waals surface area contributed by atoms with Crippen LogP contribution in [0.5, 0.6) is 0 Å². The van der Waals surface area contributed by atoms with Crippen LogP contribution in [-0.4, -0.2) is 77.5 Å². The van der Waals surface area contributed by atoms with Crippen molar-refractivity contribution >= 4 is 11.8 Å². The Bertz CT molecular complexity index is 1170. The second-order valence-electron chi connectivity index (χ2n) is 10.4. The van der Waals surface area contributed by atoms with E-state index in [0.717, 1.165) is 38.1 Å². The third kappa shape index (κ3) is 5.12. The highest BCUT2D eigenvalue weighted by Crippen LogP contribution is 2.44. The topological polar surface area (TPSA) is 73.3 Å². The number of rotatable bonds is 7. The summed E-state index contributed by atoms with van der Waals surface area (Å²) in [4.78, 5) is 30.9. The molecule has 3 aliphatic rings. The fourth-order valence-electron chi connectivity index (χ4n) is 5.95. The number of hydrogen-bond acceptors (Lipinski definition) is 5. The van der Waals surface area contributed by atoms with Gasteiger partial charge in [0.1, 0.15) is 6.04 Å². The van der Waals surface area contributed by atoms with Crippen molar-refractivity contribution in [2.75, 3.05) is 39.8 Å². The number of amides is 2. The van der Waals surface area contributed by atoms with Crippen LogP contribution in [0.15, 0.2) is 42.5 Å². The first-order valence-electron chi connectivity index (χ1n) is 12.9. The minimum atomic E-state index is -1.07. The maximum atomic E-state index is 14.0. The molecule has 0 radical (unpaired) electrons. The van der Waals surface area contributed by atoms with Gasteiger partial charge in [-0.2, -0.15) is 0 Å². The smallest absolute Gasteiger partial charge is 0.249 e. The van der Waals surface area contributed by atoms with E-state index in [1.54, 1.807) is 7.05 Å². The number of carbonyl (C=O) groups is 2. The van der Waals surface area contributed by atoms with Gasteiger partial charge in [0.2, 0.25) is 11.8 Å². The molecule has 0 bridgehead atoms. The molecule has 2 aromatic rings. The number of likely N-dealkylation sites (N-methyl/N-ethyl adjacent to an activating group) is 1. The molecule has 2 unspecified atom stereocenters. The van der Waals surface area contributed by atoms with Gasteiger partial charge in [0.25, 0.3) is 0 Å². The lowest BCUT2D eigenvalue weighted by Gasteiger charge is -2.40. The van der Waals surface area contributed by atoms with Gasteiger partial charge in [0.05, 0.1) is 18.3 Å². The number of β-amino-alcohol motifs (C(OH)–C–C–N with tert-alkyl or cyclic N) is 1. The van der Waals surface area contributed by atoms with Gasteiger partial charge in [-0.15, -0.1) is 0 Å². The molecule has 3 aliphatic heterocycles. The maximum Gasteiger partial charge on any atom is 0.249 e. The van der Waals surface area contributed by atoms with E-state index in [0.29, 0.717) is 32.5 Å². The summed E-state index contributed by atoms with van der Waals surface area (Å²) in [7, 11) is 1.56. The van der Waals surface area contributed by atoms with Crippen LogP contribution in [0.1, 0.15) is 48.4 Å². The molecule has 2 aromatic carbocycles. The Kier molecular flexibility index (Phi) is 7.29. The van der Waals surface area contributed by atoms with Crippen LogP contribution in [0.2, 0.25) is 0 Å². The van der Waals surface area contributed by atoms with Crippen LogP contribution >= 0.6 is 0 Å². The third-order valence-corrected chi connectivity index (χ3v) is 7.92. The summed E-state index contributed by atoms with van der Waals surface area (Å²) in [5.41, 5.74) is 2.46. The van der Waals surface area contributed by atoms with Crippen LogP contribution in [0.25, 0.3) is 0 Å². The van der Waals surface area contributed by atoms with Crippen molar-refractivity contribution in [2.24, 2.45) is 0 Å². The lowest BCUT2D eigenvalue weighted by Crippen LogP contribution is -2.49. The normalized spacial score (nSPS) is 20.8. The summed E-state index contributed by atoms with van der Waals surface area (Å²) in [6, 6.07) is 10.5. The number of nitrogens with zero attached hydrogens (tertiary/aromatic N) is 3. The van der Waals surface area contributed by atoms with Crippen LogP contribution in [-0.2, 0) is 26.5 Å². The molecule has 2 amide bonds. The van der Waals surface area contributed by atoms with Crippen LogP contribution < -0.4 is 0 Å². The molecule has 1 spiro atoms. The van der Waals surface area contributed by atoms with Gasteiger partial charge in [0, 0.05) is 46.2 Å². The molecule has 2 saturated heterocycles. The Hall–Kier alpha value is -2.88. The number of benzene rings is 2. The number of halogens is 2. The van der Waals surface area contributed by atoms with Crippen LogP contribution in [0.3, 0.4) is 0 Å². The number of aliphatic hydroxyl groups excluding tert-OH is 1. The minimum Gasteiger partial charge on any atom is -0.390 e. The van der Waals surface area contributed by atoms with Gasteiger partial charge < -0.3 is 24.5 Å². The predicted octanol–water partition coefficient (Wildman–Crippen LogP) is 2.97. The second kappa shape index (κ2) is 10.5. The molecule has 1 N–H and O–H groups in total. The zero-order valence-corrected chi connectivity index (χ0v) is 21.0. The zero-order valence-electron chi connectivity index (χ0n) is 21.0. The standard InChI is InChI=1S/C28H33F2N3O4/c1-31(27(36)26(33-12-4-7-25(33)35)19-8-9-23(29)24(30)15-19)16-21(34)17-32-13-10-28(11-14-32)22-6-3-2-5-20(22)18-37-28/h2-3,5-6,8-9,15,21,26,34H,4,7,10-14,16-18H2,1H3. The van der Waals surface area contributed by atoms with E-state index in [4.69, 9.17) is 4.74 Å².